The van der Waals surface area contributed by atoms with Crippen LogP contribution in [0, 0.1) is 34.5 Å². The molecule has 5 aliphatic carbocycles. The number of piperidine rings is 1. The number of nitrogens with zero attached hydrogens (tertiary/aromatic N) is 1. The fraction of sp³-hybridized carbons (Fsp3) is 1.00. The predicted molar refractivity (Wildman–Crippen MR) is 114 cm³/mol. The number of hydrogen-bond donors (Lipinski definition) is 4. The van der Waals surface area contributed by atoms with Gasteiger partial charge in [0.25, 0.3) is 0 Å². The minimum Gasteiger partial charge on any atom is -0.392 e. The van der Waals surface area contributed by atoms with Crippen LogP contribution in [0.4, 0.5) is 0 Å². The molecule has 4 unspecified atom stereocenters. The van der Waals surface area contributed by atoms with Crippen molar-refractivity contribution in [3.8, 4) is 0 Å². The Morgan fingerprint density at radius 3 is 2.41 bits per heavy atom. The Morgan fingerprint density at radius 2 is 1.78 bits per heavy atom. The zero-order chi connectivity index (χ0) is 22.8. The number of fused-ring (bicyclic) bond motifs is 2. The van der Waals surface area contributed by atoms with Gasteiger partial charge in [-0.3, -0.25) is 4.90 Å². The number of ether oxygens (including phenoxy) is 3. The lowest BCUT2D eigenvalue weighted by Gasteiger charge is -2.71. The number of likely N-dealkylation sites (tertiary alicyclic amines) is 1. The highest BCUT2D eigenvalue weighted by molar-refractivity contribution is 5.40. The maximum absolute atomic E-state index is 12.8. The van der Waals surface area contributed by atoms with Crippen molar-refractivity contribution >= 4 is 0 Å². The van der Waals surface area contributed by atoms with Gasteiger partial charge in [-0.1, -0.05) is 6.92 Å². The van der Waals surface area contributed by atoms with Crippen molar-refractivity contribution in [2.24, 2.45) is 34.5 Å². The smallest absolute Gasteiger partial charge is 0.0832 e. The summed E-state index contributed by atoms with van der Waals surface area (Å²) in [6.45, 7) is 4.18. The van der Waals surface area contributed by atoms with Gasteiger partial charge in [0, 0.05) is 74.8 Å². The first-order chi connectivity index (χ1) is 15.2. The third-order valence-electron chi connectivity index (χ3n) is 11.2. The van der Waals surface area contributed by atoms with E-state index in [0.29, 0.717) is 25.9 Å². The Hall–Kier alpha value is -0.320. The largest absolute Gasteiger partial charge is 0.392 e. The van der Waals surface area contributed by atoms with E-state index in [-0.39, 0.29) is 41.4 Å². The normalized spacial score (nSPS) is 62.4. The van der Waals surface area contributed by atoms with E-state index in [4.69, 9.17) is 14.2 Å². The summed E-state index contributed by atoms with van der Waals surface area (Å²) in [6, 6.07) is -0.226. The summed E-state index contributed by atoms with van der Waals surface area (Å²) in [5.41, 5.74) is -3.93. The van der Waals surface area contributed by atoms with E-state index in [1.807, 2.05) is 0 Å². The molecule has 0 amide bonds. The first kappa shape index (κ1) is 22.2. The molecular formula is C24H39NO7. The van der Waals surface area contributed by atoms with Crippen molar-refractivity contribution in [1.82, 2.24) is 4.90 Å². The van der Waals surface area contributed by atoms with Crippen molar-refractivity contribution in [2.45, 2.75) is 74.3 Å². The molecule has 0 radical (unpaired) electrons. The van der Waals surface area contributed by atoms with E-state index in [2.05, 4.69) is 11.8 Å². The number of methoxy groups -OCH3 is 3. The Kier molecular flexibility index (Phi) is 4.62. The topological polar surface area (TPSA) is 112 Å². The van der Waals surface area contributed by atoms with Crippen molar-refractivity contribution < 1.29 is 34.6 Å². The van der Waals surface area contributed by atoms with E-state index < -0.39 is 34.7 Å². The summed E-state index contributed by atoms with van der Waals surface area (Å²) < 4.78 is 17.8. The van der Waals surface area contributed by atoms with Gasteiger partial charge in [0.05, 0.1) is 42.2 Å². The average Bonchev–Trinajstić information content (AvgIpc) is 3.15. The highest BCUT2D eigenvalue weighted by Crippen LogP contribution is 2.80. The van der Waals surface area contributed by atoms with Gasteiger partial charge in [0.15, 0.2) is 0 Å². The first-order valence-corrected chi connectivity index (χ1v) is 12.3. The molecule has 0 aromatic heterocycles. The number of rotatable bonds is 5. The fourth-order valence-corrected chi connectivity index (χ4v) is 10.7. The Morgan fingerprint density at radius 1 is 1.03 bits per heavy atom. The quantitative estimate of drug-likeness (QED) is 0.446. The van der Waals surface area contributed by atoms with Crippen LogP contribution in [-0.4, -0.2) is 108 Å². The molecule has 7 bridgehead atoms. The molecule has 32 heavy (non-hydrogen) atoms. The van der Waals surface area contributed by atoms with Crippen LogP contribution in [0.25, 0.3) is 0 Å². The molecule has 0 aromatic carbocycles. The van der Waals surface area contributed by atoms with Crippen molar-refractivity contribution in [2.75, 3.05) is 41.0 Å². The van der Waals surface area contributed by atoms with Gasteiger partial charge in [0.1, 0.15) is 0 Å². The molecule has 1 saturated heterocycles. The Balaban J connectivity index is 1.67. The summed E-state index contributed by atoms with van der Waals surface area (Å²) in [5, 5.41) is 48.5. The van der Waals surface area contributed by atoms with Crippen LogP contribution in [0.5, 0.6) is 0 Å². The molecule has 6 aliphatic rings. The SMILES string of the molecule is CCN1C[C@]2(COC)CC[C@H](O)C34C1C([C@H](OC)[C@@H]32)[C@@]1(O)C[C@H](OC)[C@H]2C[C@]4(O)C1[C@@H]2O. The van der Waals surface area contributed by atoms with E-state index in [9.17, 15) is 20.4 Å². The standard InChI is InChI=1S/C24H39NO7/c1-5-25-10-21(11-30-2)7-6-14(26)24-19(21)17(32-4)15(20(24)25)22(28)9-13(31-3)12-8-23(24,29)18(22)16(12)27/h12-20,26-29H,5-11H2,1-4H3/t12-,13+,14+,15?,16-,17+,18?,19-,20?,21+,22+,23+,24?/m1/s1. The Bertz CT molecular complexity index is 798. The molecule has 1 aliphatic heterocycles. The van der Waals surface area contributed by atoms with Crippen LogP contribution in [0.15, 0.2) is 0 Å². The van der Waals surface area contributed by atoms with Gasteiger partial charge >= 0.3 is 0 Å². The molecule has 4 N–H and O–H groups in total. The van der Waals surface area contributed by atoms with Crippen molar-refractivity contribution in [3.05, 3.63) is 0 Å². The van der Waals surface area contributed by atoms with Crippen LogP contribution in [0.1, 0.15) is 32.6 Å². The molecule has 8 heteroatoms. The monoisotopic (exact) mass is 453 g/mol. The summed E-state index contributed by atoms with van der Waals surface area (Å²) in [5.74, 6) is -1.47. The maximum Gasteiger partial charge on any atom is 0.0832 e. The molecule has 6 rings (SSSR count). The third-order valence-corrected chi connectivity index (χ3v) is 11.2. The van der Waals surface area contributed by atoms with Crippen LogP contribution in [-0.2, 0) is 14.2 Å². The van der Waals surface area contributed by atoms with Crippen LogP contribution >= 0.6 is 0 Å². The van der Waals surface area contributed by atoms with Gasteiger partial charge in [-0.05, 0) is 25.8 Å². The van der Waals surface area contributed by atoms with E-state index in [1.165, 1.54) is 0 Å². The molecule has 1 heterocycles. The lowest BCUT2D eigenvalue weighted by molar-refractivity contribution is -0.325. The second kappa shape index (κ2) is 6.66. The third kappa shape index (κ3) is 2.03. The summed E-state index contributed by atoms with van der Waals surface area (Å²) in [4.78, 5) is 2.37. The summed E-state index contributed by atoms with van der Waals surface area (Å²) in [7, 11) is 5.02. The minimum atomic E-state index is -1.41. The van der Waals surface area contributed by atoms with E-state index in [1.54, 1.807) is 21.3 Å². The molecular weight excluding hydrogens is 414 g/mol. The lowest BCUT2D eigenvalue weighted by Crippen LogP contribution is -2.82. The zero-order valence-corrected chi connectivity index (χ0v) is 19.6. The van der Waals surface area contributed by atoms with Gasteiger partial charge in [-0.15, -0.1) is 0 Å². The van der Waals surface area contributed by atoms with Crippen molar-refractivity contribution in [3.63, 3.8) is 0 Å². The zero-order valence-electron chi connectivity index (χ0n) is 19.6. The Labute approximate surface area is 189 Å². The highest BCUT2D eigenvalue weighted by atomic mass is 16.5. The molecule has 8 nitrogen and oxygen atoms in total. The summed E-state index contributed by atoms with van der Waals surface area (Å²) >= 11 is 0. The lowest BCUT2D eigenvalue weighted by atomic mass is 9.41. The molecule has 6 fully saturated rings. The van der Waals surface area contributed by atoms with Crippen LogP contribution in [0.2, 0.25) is 0 Å². The molecule has 13 atom stereocenters. The summed E-state index contributed by atoms with van der Waals surface area (Å²) in [6.07, 6.45) is -0.229. The van der Waals surface area contributed by atoms with Crippen molar-refractivity contribution in [1.29, 1.82) is 0 Å². The van der Waals surface area contributed by atoms with Crippen LogP contribution < -0.4 is 0 Å². The molecule has 1 spiro atoms. The number of hydrogen-bond acceptors (Lipinski definition) is 8. The van der Waals surface area contributed by atoms with Crippen LogP contribution in [0.3, 0.4) is 0 Å². The maximum atomic E-state index is 12.8. The van der Waals surface area contributed by atoms with Gasteiger partial charge in [-0.2, -0.15) is 0 Å². The van der Waals surface area contributed by atoms with E-state index >= 15 is 0 Å². The van der Waals surface area contributed by atoms with Gasteiger partial charge in [-0.25, -0.2) is 0 Å². The molecule has 0 aromatic rings. The second-order valence-electron chi connectivity index (χ2n) is 11.7. The average molecular weight is 454 g/mol. The second-order valence-corrected chi connectivity index (χ2v) is 11.7. The van der Waals surface area contributed by atoms with E-state index in [0.717, 1.165) is 19.5 Å². The van der Waals surface area contributed by atoms with Gasteiger partial charge in [0.2, 0.25) is 0 Å². The number of aliphatic hydroxyl groups is 4. The molecule has 182 valence electrons. The molecule has 5 saturated carbocycles. The minimum absolute atomic E-state index is 0.159. The first-order valence-electron chi connectivity index (χ1n) is 12.3. The van der Waals surface area contributed by atoms with Gasteiger partial charge < -0.3 is 34.6 Å². The highest BCUT2D eigenvalue weighted by Gasteiger charge is 2.90. The number of aliphatic hydroxyl groups excluding tert-OH is 2. The predicted octanol–water partition coefficient (Wildman–Crippen LogP) is -0.383. The fourth-order valence-electron chi connectivity index (χ4n) is 10.7.